The Kier molecular flexibility index (Phi) is 8.84. The first-order valence-electron chi connectivity index (χ1n) is 9.24. The molecule has 0 unspecified atom stereocenters. The molecular weight excluding hydrogens is 406 g/mol. The van der Waals surface area contributed by atoms with Crippen LogP contribution < -0.4 is 25.6 Å². The Labute approximate surface area is 178 Å². The Bertz CT molecular complexity index is 932. The Morgan fingerprint density at radius 1 is 0.839 bits per heavy atom. The summed E-state index contributed by atoms with van der Waals surface area (Å²) in [4.78, 5) is 47.4. The highest BCUT2D eigenvalue weighted by Crippen LogP contribution is 2.28. The fourth-order valence-electron chi connectivity index (χ4n) is 2.38. The van der Waals surface area contributed by atoms with Gasteiger partial charge in [-0.25, -0.2) is 0 Å². The molecule has 0 atom stereocenters. The minimum absolute atomic E-state index is 0.223. The van der Waals surface area contributed by atoms with Crippen molar-refractivity contribution >= 4 is 29.4 Å². The molecule has 0 saturated carbocycles. The van der Waals surface area contributed by atoms with Crippen LogP contribution in [0.5, 0.6) is 11.5 Å². The van der Waals surface area contributed by atoms with Gasteiger partial charge in [0.15, 0.2) is 6.61 Å². The molecule has 0 aliphatic heterocycles. The maximum Gasteiger partial charge on any atom is 0.306 e. The summed E-state index contributed by atoms with van der Waals surface area (Å²) in [5.74, 6) is -1.46. The number of anilines is 1. The Balaban J connectivity index is 1.70. The van der Waals surface area contributed by atoms with Crippen molar-refractivity contribution in [1.82, 2.24) is 10.9 Å². The Morgan fingerprint density at radius 2 is 1.58 bits per heavy atom. The zero-order chi connectivity index (χ0) is 22.6. The van der Waals surface area contributed by atoms with Crippen molar-refractivity contribution in [3.05, 3.63) is 54.1 Å². The largest absolute Gasteiger partial charge is 0.497 e. The summed E-state index contributed by atoms with van der Waals surface area (Å²) >= 11 is 0. The van der Waals surface area contributed by atoms with Crippen LogP contribution in [0.1, 0.15) is 23.2 Å². The molecule has 31 heavy (non-hydrogen) atoms. The van der Waals surface area contributed by atoms with Gasteiger partial charge in [0.1, 0.15) is 11.5 Å². The lowest BCUT2D eigenvalue weighted by Gasteiger charge is -2.12. The minimum Gasteiger partial charge on any atom is -0.497 e. The van der Waals surface area contributed by atoms with E-state index in [1.54, 1.807) is 48.5 Å². The monoisotopic (exact) mass is 429 g/mol. The van der Waals surface area contributed by atoms with Crippen LogP contribution in [0.2, 0.25) is 0 Å². The molecule has 3 N–H and O–H groups in total. The van der Waals surface area contributed by atoms with E-state index in [0.717, 1.165) is 0 Å². The molecule has 2 aromatic rings. The van der Waals surface area contributed by atoms with Gasteiger partial charge in [-0.3, -0.25) is 30.0 Å². The molecule has 0 spiro atoms. The molecule has 10 heteroatoms. The van der Waals surface area contributed by atoms with Crippen molar-refractivity contribution in [3.8, 4) is 11.5 Å². The second-order valence-corrected chi connectivity index (χ2v) is 6.14. The Morgan fingerprint density at radius 3 is 2.26 bits per heavy atom. The highest BCUT2D eigenvalue weighted by atomic mass is 16.5. The molecule has 2 aromatic carbocycles. The summed E-state index contributed by atoms with van der Waals surface area (Å²) < 4.78 is 15.1. The Hall–Kier alpha value is -4.08. The van der Waals surface area contributed by atoms with Gasteiger partial charge in [-0.2, -0.15) is 0 Å². The predicted octanol–water partition coefficient (Wildman–Crippen LogP) is 1.43. The normalized spacial score (nSPS) is 9.87. The van der Waals surface area contributed by atoms with Crippen LogP contribution in [0.4, 0.5) is 5.69 Å². The molecule has 0 aromatic heterocycles. The van der Waals surface area contributed by atoms with Crippen molar-refractivity contribution in [2.75, 3.05) is 26.1 Å². The highest BCUT2D eigenvalue weighted by molar-refractivity contribution is 5.96. The lowest BCUT2D eigenvalue weighted by Crippen LogP contribution is -2.41. The van der Waals surface area contributed by atoms with Crippen molar-refractivity contribution in [2.24, 2.45) is 0 Å². The summed E-state index contributed by atoms with van der Waals surface area (Å²) in [6.45, 7) is -0.536. The van der Waals surface area contributed by atoms with E-state index < -0.39 is 30.3 Å². The first-order valence-corrected chi connectivity index (χ1v) is 9.24. The number of hydrogen-bond donors (Lipinski definition) is 3. The number of nitrogens with one attached hydrogen (secondary N) is 3. The van der Waals surface area contributed by atoms with Crippen LogP contribution in [0, 0.1) is 0 Å². The van der Waals surface area contributed by atoms with Crippen molar-refractivity contribution < 1.29 is 33.4 Å². The van der Waals surface area contributed by atoms with E-state index in [1.165, 1.54) is 14.2 Å². The molecule has 10 nitrogen and oxygen atoms in total. The van der Waals surface area contributed by atoms with E-state index >= 15 is 0 Å². The number of ether oxygens (including phenoxy) is 3. The molecule has 0 aliphatic carbocycles. The lowest BCUT2D eigenvalue weighted by molar-refractivity contribution is -0.148. The van der Waals surface area contributed by atoms with E-state index in [9.17, 15) is 19.2 Å². The summed E-state index contributed by atoms with van der Waals surface area (Å²) in [5.41, 5.74) is 5.18. The van der Waals surface area contributed by atoms with Crippen LogP contribution in [0.25, 0.3) is 0 Å². The number of carbonyl (C=O) groups excluding carboxylic acids is 4. The number of rotatable bonds is 9. The lowest BCUT2D eigenvalue weighted by atomic mass is 10.2. The van der Waals surface area contributed by atoms with Crippen molar-refractivity contribution in [2.45, 2.75) is 12.8 Å². The second-order valence-electron chi connectivity index (χ2n) is 6.14. The van der Waals surface area contributed by atoms with E-state index in [0.29, 0.717) is 22.7 Å². The van der Waals surface area contributed by atoms with E-state index in [1.807, 2.05) is 0 Å². The second kappa shape index (κ2) is 11.8. The zero-order valence-corrected chi connectivity index (χ0v) is 17.1. The fourth-order valence-corrected chi connectivity index (χ4v) is 2.38. The van der Waals surface area contributed by atoms with Crippen molar-refractivity contribution in [1.29, 1.82) is 0 Å². The van der Waals surface area contributed by atoms with Gasteiger partial charge in [0.25, 0.3) is 11.8 Å². The first kappa shape index (κ1) is 23.2. The van der Waals surface area contributed by atoms with Gasteiger partial charge in [-0.1, -0.05) is 18.2 Å². The first-order chi connectivity index (χ1) is 14.9. The van der Waals surface area contributed by atoms with Gasteiger partial charge in [0.05, 0.1) is 26.3 Å². The van der Waals surface area contributed by atoms with E-state index in [4.69, 9.17) is 14.2 Å². The molecule has 0 aliphatic rings. The van der Waals surface area contributed by atoms with Crippen LogP contribution in [0.3, 0.4) is 0 Å². The minimum atomic E-state index is -0.739. The number of methoxy groups -OCH3 is 2. The maximum atomic E-state index is 12.0. The van der Waals surface area contributed by atoms with Gasteiger partial charge in [-0.05, 0) is 24.3 Å². The third-order valence-electron chi connectivity index (χ3n) is 3.95. The van der Waals surface area contributed by atoms with Gasteiger partial charge in [0.2, 0.25) is 5.91 Å². The molecule has 0 heterocycles. The van der Waals surface area contributed by atoms with Crippen LogP contribution in [-0.4, -0.2) is 44.5 Å². The smallest absolute Gasteiger partial charge is 0.306 e. The number of benzene rings is 2. The standard InChI is InChI=1S/C21H23N3O7/c1-29-15-8-9-17(30-2)16(12-15)22-19(26)13-31-20(27)11-10-18(25)23-24-21(28)14-6-4-3-5-7-14/h3-9,12H,10-11,13H2,1-2H3,(H,22,26)(H,23,25)(H,24,28). The molecule has 2 rings (SSSR count). The zero-order valence-electron chi connectivity index (χ0n) is 17.1. The summed E-state index contributed by atoms with van der Waals surface area (Å²) in [6.07, 6.45) is -0.484. The SMILES string of the molecule is COc1ccc(OC)c(NC(=O)COC(=O)CCC(=O)NNC(=O)c2ccccc2)c1. The van der Waals surface area contributed by atoms with E-state index in [2.05, 4.69) is 16.2 Å². The molecule has 0 bridgehead atoms. The number of hydrogen-bond acceptors (Lipinski definition) is 7. The maximum absolute atomic E-state index is 12.0. The van der Waals surface area contributed by atoms with Gasteiger partial charge < -0.3 is 19.5 Å². The number of amides is 3. The van der Waals surface area contributed by atoms with Gasteiger partial charge in [-0.15, -0.1) is 0 Å². The number of esters is 1. The molecule has 0 saturated heterocycles. The molecule has 0 fully saturated rings. The average Bonchev–Trinajstić information content (AvgIpc) is 2.80. The van der Waals surface area contributed by atoms with Gasteiger partial charge >= 0.3 is 5.97 Å². The third kappa shape index (κ3) is 7.69. The van der Waals surface area contributed by atoms with Crippen LogP contribution >= 0.6 is 0 Å². The average molecular weight is 429 g/mol. The number of hydrazine groups is 1. The van der Waals surface area contributed by atoms with Crippen molar-refractivity contribution in [3.63, 3.8) is 0 Å². The third-order valence-corrected chi connectivity index (χ3v) is 3.95. The fraction of sp³-hybridized carbons (Fsp3) is 0.238. The highest BCUT2D eigenvalue weighted by Gasteiger charge is 2.13. The summed E-state index contributed by atoms with van der Waals surface area (Å²) in [7, 11) is 2.93. The molecule has 0 radical (unpaired) electrons. The van der Waals surface area contributed by atoms with Gasteiger partial charge in [0, 0.05) is 18.1 Å². The number of carbonyl (C=O) groups is 4. The molecule has 164 valence electrons. The molecule has 3 amide bonds. The van der Waals surface area contributed by atoms with Crippen LogP contribution in [-0.2, 0) is 19.1 Å². The summed E-state index contributed by atoms with van der Waals surface area (Å²) in [6, 6.07) is 13.2. The summed E-state index contributed by atoms with van der Waals surface area (Å²) in [5, 5.41) is 2.56. The van der Waals surface area contributed by atoms with E-state index in [-0.39, 0.29) is 12.8 Å². The van der Waals surface area contributed by atoms with Crippen LogP contribution in [0.15, 0.2) is 48.5 Å². The predicted molar refractivity (Wildman–Crippen MR) is 110 cm³/mol. The topological polar surface area (TPSA) is 132 Å². The quantitative estimate of drug-likeness (QED) is 0.406. The molecular formula is C21H23N3O7.